The van der Waals surface area contributed by atoms with Crippen LogP contribution in [0.15, 0.2) is 66.4 Å². The molecule has 0 unspecified atom stereocenters. The fourth-order valence-corrected chi connectivity index (χ4v) is 2.02. The predicted octanol–water partition coefficient (Wildman–Crippen LogP) is 2.87. The largest absolute Gasteiger partial charge is 0.508 e. The van der Waals surface area contributed by atoms with Crippen molar-refractivity contribution in [3.63, 3.8) is 0 Å². The molecule has 0 aromatic heterocycles. The first kappa shape index (κ1) is 16.1. The van der Waals surface area contributed by atoms with Crippen LogP contribution in [0.1, 0.15) is 5.56 Å². The van der Waals surface area contributed by atoms with E-state index in [9.17, 15) is 15.2 Å². The Morgan fingerprint density at radius 3 is 2.48 bits per heavy atom. The summed E-state index contributed by atoms with van der Waals surface area (Å²) in [6.45, 7) is 0.596. The van der Waals surface area contributed by atoms with Gasteiger partial charge in [0, 0.05) is 25.5 Å². The Bertz CT molecular complexity index is 731. The van der Waals surface area contributed by atoms with Gasteiger partial charge in [-0.05, 0) is 29.8 Å². The van der Waals surface area contributed by atoms with Crippen LogP contribution in [-0.4, -0.2) is 23.0 Å². The molecular weight excluding hydrogens is 290 g/mol. The maximum Gasteiger partial charge on any atom is 0.267 e. The van der Waals surface area contributed by atoms with Crippen molar-refractivity contribution in [2.45, 2.75) is 6.54 Å². The third-order valence-corrected chi connectivity index (χ3v) is 3.11. The molecule has 2 aromatic rings. The fraction of sp³-hybridized carbons (Fsp3) is 0.111. The Hall–Kier alpha value is -3.26. The van der Waals surface area contributed by atoms with Gasteiger partial charge in [0.1, 0.15) is 17.4 Å². The summed E-state index contributed by atoms with van der Waals surface area (Å²) in [6, 6.07) is 17.7. The van der Waals surface area contributed by atoms with E-state index in [1.165, 1.54) is 18.3 Å². The quantitative estimate of drug-likeness (QED) is 0.506. The van der Waals surface area contributed by atoms with Crippen molar-refractivity contribution in [1.29, 1.82) is 5.26 Å². The Labute approximate surface area is 135 Å². The van der Waals surface area contributed by atoms with Gasteiger partial charge in [0.2, 0.25) is 0 Å². The van der Waals surface area contributed by atoms with Gasteiger partial charge in [0.15, 0.2) is 0 Å². The first-order valence-corrected chi connectivity index (χ1v) is 7.05. The molecule has 0 saturated heterocycles. The highest BCUT2D eigenvalue weighted by atomic mass is 16.3. The van der Waals surface area contributed by atoms with E-state index in [2.05, 4.69) is 5.32 Å². The number of phenolic OH excluding ortho intramolecular Hbond substituents is 1. The van der Waals surface area contributed by atoms with E-state index >= 15 is 0 Å². The number of hydrogen-bond donors (Lipinski definition) is 2. The summed E-state index contributed by atoms with van der Waals surface area (Å²) >= 11 is 0. The molecule has 0 saturated carbocycles. The number of carbonyl (C=O) groups is 1. The van der Waals surface area contributed by atoms with Crippen molar-refractivity contribution in [3.05, 3.63) is 71.9 Å². The van der Waals surface area contributed by atoms with Gasteiger partial charge >= 0.3 is 0 Å². The lowest BCUT2D eigenvalue weighted by Crippen LogP contribution is -2.18. The highest BCUT2D eigenvalue weighted by Crippen LogP contribution is 2.14. The zero-order chi connectivity index (χ0) is 16.7. The van der Waals surface area contributed by atoms with Crippen LogP contribution in [-0.2, 0) is 11.3 Å². The molecule has 0 spiro atoms. The average Bonchev–Trinajstić information content (AvgIpc) is 2.55. The van der Waals surface area contributed by atoms with Gasteiger partial charge < -0.3 is 15.3 Å². The number of phenols is 1. The normalized spacial score (nSPS) is 10.7. The summed E-state index contributed by atoms with van der Waals surface area (Å²) in [5.41, 5.74) is 1.61. The second kappa shape index (κ2) is 7.66. The third-order valence-electron chi connectivity index (χ3n) is 3.11. The number of amides is 1. The first-order valence-electron chi connectivity index (χ1n) is 7.05. The molecule has 0 aliphatic rings. The molecule has 2 N–H and O–H groups in total. The van der Waals surface area contributed by atoms with E-state index in [0.29, 0.717) is 12.2 Å². The summed E-state index contributed by atoms with van der Waals surface area (Å²) in [4.78, 5) is 13.9. The molecule has 0 atom stereocenters. The minimum Gasteiger partial charge on any atom is -0.508 e. The number of rotatable bonds is 5. The molecule has 23 heavy (non-hydrogen) atoms. The van der Waals surface area contributed by atoms with Crippen molar-refractivity contribution in [2.75, 3.05) is 12.4 Å². The van der Waals surface area contributed by atoms with E-state index in [4.69, 9.17) is 0 Å². The third kappa shape index (κ3) is 4.90. The SMILES string of the molecule is CN(/C=C(/C#N)C(=O)Nc1ccc(O)cc1)Cc1ccccc1. The number of carbonyl (C=O) groups excluding carboxylic acids is 1. The molecule has 5 heteroatoms. The molecule has 0 aliphatic heterocycles. The number of aromatic hydroxyl groups is 1. The topological polar surface area (TPSA) is 76.4 Å². The van der Waals surface area contributed by atoms with Gasteiger partial charge in [0.25, 0.3) is 5.91 Å². The summed E-state index contributed by atoms with van der Waals surface area (Å²) in [5, 5.41) is 21.0. The highest BCUT2D eigenvalue weighted by molar-refractivity contribution is 6.06. The molecule has 5 nitrogen and oxygen atoms in total. The molecule has 2 aromatic carbocycles. The zero-order valence-electron chi connectivity index (χ0n) is 12.7. The van der Waals surface area contributed by atoms with Crippen molar-refractivity contribution in [2.24, 2.45) is 0 Å². The molecule has 0 heterocycles. The van der Waals surface area contributed by atoms with E-state index in [1.54, 1.807) is 24.1 Å². The van der Waals surface area contributed by atoms with E-state index in [1.807, 2.05) is 36.4 Å². The maximum atomic E-state index is 12.1. The van der Waals surface area contributed by atoms with Crippen molar-refractivity contribution in [1.82, 2.24) is 4.90 Å². The van der Waals surface area contributed by atoms with E-state index in [-0.39, 0.29) is 11.3 Å². The number of hydrogen-bond acceptors (Lipinski definition) is 4. The Kier molecular flexibility index (Phi) is 5.37. The van der Waals surface area contributed by atoms with Crippen LogP contribution in [0, 0.1) is 11.3 Å². The van der Waals surface area contributed by atoms with Gasteiger partial charge in [-0.25, -0.2) is 0 Å². The molecular formula is C18H17N3O2. The van der Waals surface area contributed by atoms with Crippen LogP contribution in [0.25, 0.3) is 0 Å². The Morgan fingerprint density at radius 2 is 1.87 bits per heavy atom. The summed E-state index contributed by atoms with van der Waals surface area (Å²) in [7, 11) is 1.80. The number of nitrogens with one attached hydrogen (secondary N) is 1. The van der Waals surface area contributed by atoms with Crippen molar-refractivity contribution < 1.29 is 9.90 Å². The molecule has 0 fully saturated rings. The van der Waals surface area contributed by atoms with Crippen LogP contribution in [0.2, 0.25) is 0 Å². The zero-order valence-corrected chi connectivity index (χ0v) is 12.7. The maximum absolute atomic E-state index is 12.1. The second-order valence-electron chi connectivity index (χ2n) is 5.06. The lowest BCUT2D eigenvalue weighted by molar-refractivity contribution is -0.112. The monoisotopic (exact) mass is 307 g/mol. The standard InChI is InChI=1S/C18H17N3O2/c1-21(12-14-5-3-2-4-6-14)13-15(11-19)18(23)20-16-7-9-17(22)10-8-16/h2-10,13,22H,12H2,1H3,(H,20,23)/b15-13-. The Balaban J connectivity index is 2.04. The number of anilines is 1. The van der Waals surface area contributed by atoms with E-state index < -0.39 is 5.91 Å². The lowest BCUT2D eigenvalue weighted by atomic mass is 10.2. The predicted molar refractivity (Wildman–Crippen MR) is 88.3 cm³/mol. The summed E-state index contributed by atoms with van der Waals surface area (Å²) < 4.78 is 0. The van der Waals surface area contributed by atoms with E-state index in [0.717, 1.165) is 5.56 Å². The van der Waals surface area contributed by atoms with Gasteiger partial charge in [-0.3, -0.25) is 4.79 Å². The van der Waals surface area contributed by atoms with Crippen molar-refractivity contribution in [3.8, 4) is 11.8 Å². The van der Waals surface area contributed by atoms with Crippen molar-refractivity contribution >= 4 is 11.6 Å². The molecule has 0 aliphatic carbocycles. The fourth-order valence-electron chi connectivity index (χ4n) is 2.02. The van der Waals surface area contributed by atoms with Crippen LogP contribution < -0.4 is 5.32 Å². The lowest BCUT2D eigenvalue weighted by Gasteiger charge is -2.15. The molecule has 0 bridgehead atoms. The molecule has 116 valence electrons. The number of nitriles is 1. The van der Waals surface area contributed by atoms with Gasteiger partial charge in [-0.1, -0.05) is 30.3 Å². The van der Waals surface area contributed by atoms with Crippen LogP contribution in [0.5, 0.6) is 5.75 Å². The minimum absolute atomic E-state index is 0.0107. The summed E-state index contributed by atoms with van der Waals surface area (Å²) in [6.07, 6.45) is 1.52. The number of nitrogens with zero attached hydrogens (tertiary/aromatic N) is 2. The second-order valence-corrected chi connectivity index (χ2v) is 5.06. The molecule has 2 rings (SSSR count). The van der Waals surface area contributed by atoms with Crippen LogP contribution >= 0.6 is 0 Å². The Morgan fingerprint density at radius 1 is 1.22 bits per heavy atom. The smallest absolute Gasteiger partial charge is 0.267 e. The molecule has 1 amide bonds. The van der Waals surface area contributed by atoms with Crippen LogP contribution in [0.4, 0.5) is 5.69 Å². The minimum atomic E-state index is -0.488. The average molecular weight is 307 g/mol. The van der Waals surface area contributed by atoms with Gasteiger partial charge in [-0.2, -0.15) is 5.26 Å². The molecule has 0 radical (unpaired) electrons. The summed E-state index contributed by atoms with van der Waals surface area (Å²) in [5.74, 6) is -0.375. The number of benzene rings is 2. The first-order chi connectivity index (χ1) is 11.1. The van der Waals surface area contributed by atoms with Crippen LogP contribution in [0.3, 0.4) is 0 Å². The highest BCUT2D eigenvalue weighted by Gasteiger charge is 2.10. The van der Waals surface area contributed by atoms with Gasteiger partial charge in [0.05, 0.1) is 0 Å². The van der Waals surface area contributed by atoms with Gasteiger partial charge in [-0.15, -0.1) is 0 Å².